The van der Waals surface area contributed by atoms with E-state index in [0.29, 0.717) is 11.1 Å². The number of hydrogen-bond donors (Lipinski definition) is 4. The van der Waals surface area contributed by atoms with Crippen LogP contribution in [-0.4, -0.2) is 35.7 Å². The SMILES string of the molecule is NC(=O)[C@H](N)CC(=O)OCNC(=O)C(O)(c1ccccc1)c1ccccc1. The molecule has 0 heterocycles. The summed E-state index contributed by atoms with van der Waals surface area (Å²) in [6, 6.07) is 15.6. The number of primary amides is 1. The molecule has 8 nitrogen and oxygen atoms in total. The van der Waals surface area contributed by atoms with Crippen LogP contribution in [0, 0.1) is 0 Å². The van der Waals surface area contributed by atoms with E-state index in [1.165, 1.54) is 0 Å². The van der Waals surface area contributed by atoms with Gasteiger partial charge >= 0.3 is 5.97 Å². The summed E-state index contributed by atoms with van der Waals surface area (Å²) < 4.78 is 4.83. The minimum atomic E-state index is -1.97. The van der Waals surface area contributed by atoms with Crippen LogP contribution in [0.15, 0.2) is 60.7 Å². The molecule has 0 spiro atoms. The number of nitrogens with one attached hydrogen (secondary N) is 1. The maximum atomic E-state index is 12.7. The first-order valence-electron chi connectivity index (χ1n) is 8.18. The summed E-state index contributed by atoms with van der Waals surface area (Å²) in [5.74, 6) is -2.41. The van der Waals surface area contributed by atoms with Crippen LogP contribution in [-0.2, 0) is 24.7 Å². The lowest BCUT2D eigenvalue weighted by Crippen LogP contribution is -2.46. The van der Waals surface area contributed by atoms with Gasteiger partial charge in [0.25, 0.3) is 5.91 Å². The molecule has 0 saturated heterocycles. The quantitative estimate of drug-likeness (QED) is 0.372. The fraction of sp³-hybridized carbons (Fsp3) is 0.211. The van der Waals surface area contributed by atoms with Crippen LogP contribution in [0.5, 0.6) is 0 Å². The molecule has 6 N–H and O–H groups in total. The van der Waals surface area contributed by atoms with Crippen molar-refractivity contribution in [3.8, 4) is 0 Å². The van der Waals surface area contributed by atoms with Gasteiger partial charge in [0, 0.05) is 0 Å². The summed E-state index contributed by atoms with van der Waals surface area (Å²) in [5, 5.41) is 13.5. The van der Waals surface area contributed by atoms with Crippen molar-refractivity contribution in [3.05, 3.63) is 71.8 Å². The standard InChI is InChI=1S/C19H21N3O5/c20-15(17(21)24)11-16(23)27-12-22-18(25)19(26,13-7-3-1-4-8-13)14-9-5-2-6-10-14/h1-10,15,26H,11-12,20H2,(H2,21,24)(H,22,25)/t15-/m1/s1. The third-order valence-corrected chi connectivity index (χ3v) is 3.93. The van der Waals surface area contributed by atoms with Gasteiger partial charge in [0.1, 0.15) is 0 Å². The maximum absolute atomic E-state index is 12.7. The van der Waals surface area contributed by atoms with Crippen molar-refractivity contribution in [1.29, 1.82) is 0 Å². The molecule has 2 aromatic carbocycles. The van der Waals surface area contributed by atoms with Crippen LogP contribution >= 0.6 is 0 Å². The van der Waals surface area contributed by atoms with Gasteiger partial charge in [-0.05, 0) is 11.1 Å². The summed E-state index contributed by atoms with van der Waals surface area (Å²) in [5.41, 5.74) is 9.08. The molecular formula is C19H21N3O5. The second-order valence-electron chi connectivity index (χ2n) is 5.82. The van der Waals surface area contributed by atoms with Gasteiger partial charge in [-0.15, -0.1) is 0 Å². The predicted octanol–water partition coefficient (Wildman–Crippen LogP) is -0.258. The van der Waals surface area contributed by atoms with E-state index >= 15 is 0 Å². The van der Waals surface area contributed by atoms with Crippen LogP contribution in [0.4, 0.5) is 0 Å². The second-order valence-corrected chi connectivity index (χ2v) is 5.82. The Morgan fingerprint density at radius 2 is 1.48 bits per heavy atom. The number of carbonyl (C=O) groups is 3. The van der Waals surface area contributed by atoms with E-state index in [9.17, 15) is 19.5 Å². The van der Waals surface area contributed by atoms with Crippen molar-refractivity contribution in [3.63, 3.8) is 0 Å². The van der Waals surface area contributed by atoms with E-state index in [-0.39, 0.29) is 0 Å². The fourth-order valence-electron chi connectivity index (χ4n) is 2.44. The minimum Gasteiger partial charge on any atom is -0.444 e. The van der Waals surface area contributed by atoms with Gasteiger partial charge in [-0.2, -0.15) is 0 Å². The molecule has 0 aliphatic heterocycles. The Bertz CT molecular complexity index is 756. The van der Waals surface area contributed by atoms with Crippen LogP contribution < -0.4 is 16.8 Å². The third kappa shape index (κ3) is 4.90. The molecule has 0 radical (unpaired) electrons. The first-order valence-corrected chi connectivity index (χ1v) is 8.18. The van der Waals surface area contributed by atoms with E-state index in [4.69, 9.17) is 16.2 Å². The zero-order chi connectivity index (χ0) is 19.9. The molecule has 1 atom stereocenters. The predicted molar refractivity (Wildman–Crippen MR) is 96.8 cm³/mol. The van der Waals surface area contributed by atoms with Crippen molar-refractivity contribution in [2.75, 3.05) is 6.73 Å². The molecule has 0 unspecified atom stereocenters. The molecule has 0 aromatic heterocycles. The monoisotopic (exact) mass is 371 g/mol. The highest BCUT2D eigenvalue weighted by Gasteiger charge is 2.39. The van der Waals surface area contributed by atoms with Crippen molar-refractivity contribution in [2.24, 2.45) is 11.5 Å². The van der Waals surface area contributed by atoms with E-state index in [2.05, 4.69) is 5.32 Å². The van der Waals surface area contributed by atoms with Gasteiger partial charge in [-0.3, -0.25) is 14.4 Å². The Hall–Kier alpha value is -3.23. The van der Waals surface area contributed by atoms with Gasteiger partial charge in [-0.1, -0.05) is 60.7 Å². The number of carbonyl (C=O) groups excluding carboxylic acids is 3. The molecule has 0 bridgehead atoms. The number of benzene rings is 2. The molecule has 0 aliphatic rings. The van der Waals surface area contributed by atoms with Gasteiger partial charge < -0.3 is 26.6 Å². The molecule has 8 heteroatoms. The molecule has 0 saturated carbocycles. The van der Waals surface area contributed by atoms with Crippen molar-refractivity contribution >= 4 is 17.8 Å². The minimum absolute atomic E-state index is 0.357. The van der Waals surface area contributed by atoms with Crippen molar-refractivity contribution in [2.45, 2.75) is 18.1 Å². The molecule has 2 rings (SSSR count). The Kier molecular flexibility index (Phi) is 6.64. The van der Waals surface area contributed by atoms with Crippen LogP contribution in [0.25, 0.3) is 0 Å². The number of aliphatic hydroxyl groups is 1. The topological polar surface area (TPSA) is 145 Å². The van der Waals surface area contributed by atoms with E-state index in [1.807, 2.05) is 0 Å². The van der Waals surface area contributed by atoms with Crippen LogP contribution in [0.2, 0.25) is 0 Å². The number of esters is 1. The fourth-order valence-corrected chi connectivity index (χ4v) is 2.44. The number of amides is 2. The molecule has 0 aliphatic carbocycles. The average molecular weight is 371 g/mol. The molecular weight excluding hydrogens is 350 g/mol. The van der Waals surface area contributed by atoms with E-state index in [1.54, 1.807) is 60.7 Å². The zero-order valence-corrected chi connectivity index (χ0v) is 14.5. The van der Waals surface area contributed by atoms with E-state index in [0.717, 1.165) is 0 Å². The largest absolute Gasteiger partial charge is 0.444 e. The lowest BCUT2D eigenvalue weighted by molar-refractivity contribution is -0.149. The van der Waals surface area contributed by atoms with Gasteiger partial charge in [0.2, 0.25) is 5.91 Å². The summed E-state index contributed by atoms with van der Waals surface area (Å²) in [4.78, 5) is 35.2. The molecule has 142 valence electrons. The number of nitrogens with two attached hydrogens (primary N) is 2. The average Bonchev–Trinajstić information content (AvgIpc) is 2.68. The lowest BCUT2D eigenvalue weighted by Gasteiger charge is -2.28. The van der Waals surface area contributed by atoms with Crippen molar-refractivity contribution in [1.82, 2.24) is 5.32 Å². The normalized spacial score (nSPS) is 12.1. The van der Waals surface area contributed by atoms with Gasteiger partial charge in [0.05, 0.1) is 12.5 Å². The summed E-state index contributed by atoms with van der Waals surface area (Å²) in [7, 11) is 0. The maximum Gasteiger partial charge on any atom is 0.309 e. The highest BCUT2D eigenvalue weighted by Crippen LogP contribution is 2.29. The molecule has 2 aromatic rings. The van der Waals surface area contributed by atoms with Gasteiger partial charge in [0.15, 0.2) is 12.3 Å². The van der Waals surface area contributed by atoms with E-state index < -0.39 is 42.6 Å². The number of hydrogen-bond acceptors (Lipinski definition) is 6. The Morgan fingerprint density at radius 3 is 1.93 bits per heavy atom. The molecule has 27 heavy (non-hydrogen) atoms. The molecule has 0 fully saturated rings. The first kappa shape index (κ1) is 20.1. The van der Waals surface area contributed by atoms with Crippen LogP contribution in [0.1, 0.15) is 17.5 Å². The Morgan fingerprint density at radius 1 is 1.00 bits per heavy atom. The Labute approximate surface area is 156 Å². The van der Waals surface area contributed by atoms with Crippen LogP contribution in [0.3, 0.4) is 0 Å². The number of ether oxygens (including phenoxy) is 1. The lowest BCUT2D eigenvalue weighted by atomic mass is 9.85. The smallest absolute Gasteiger partial charge is 0.309 e. The van der Waals surface area contributed by atoms with Crippen molar-refractivity contribution < 1.29 is 24.2 Å². The zero-order valence-electron chi connectivity index (χ0n) is 14.5. The third-order valence-electron chi connectivity index (χ3n) is 3.93. The highest BCUT2D eigenvalue weighted by atomic mass is 16.5. The highest BCUT2D eigenvalue weighted by molar-refractivity contribution is 5.90. The summed E-state index contributed by atoms with van der Waals surface area (Å²) in [6.07, 6.45) is -0.410. The van der Waals surface area contributed by atoms with Gasteiger partial charge in [-0.25, -0.2) is 0 Å². The summed E-state index contributed by atoms with van der Waals surface area (Å²) >= 11 is 0. The second kappa shape index (κ2) is 8.93. The number of rotatable bonds is 8. The molecule has 2 amide bonds. The first-order chi connectivity index (χ1) is 12.9. The Balaban J connectivity index is 2.10. The summed E-state index contributed by atoms with van der Waals surface area (Å²) in [6.45, 7) is -0.495.